The normalized spacial score (nSPS) is 10.3. The Morgan fingerprint density at radius 1 is 1.00 bits per heavy atom. The Morgan fingerprint density at radius 3 is 2.50 bits per heavy atom. The zero-order valence-electron chi connectivity index (χ0n) is 10.3. The van der Waals surface area contributed by atoms with Crippen LogP contribution >= 0.6 is 11.6 Å². The molecular weight excluding hydrogens is 246 g/mol. The molecule has 0 fully saturated rings. The molecule has 0 aliphatic heterocycles. The van der Waals surface area contributed by atoms with Gasteiger partial charge in [0.05, 0.1) is 7.11 Å². The molecule has 2 aromatic rings. The smallest absolute Gasteiger partial charge is 0.124 e. The van der Waals surface area contributed by atoms with Gasteiger partial charge in [0.1, 0.15) is 5.75 Å². The number of hydrogen-bond acceptors (Lipinski definition) is 2. The lowest BCUT2D eigenvalue weighted by Gasteiger charge is -2.11. The summed E-state index contributed by atoms with van der Waals surface area (Å²) in [6, 6.07) is 16.0. The number of methoxy groups -OCH3 is 1. The number of hydrogen-bond donors (Lipinski definition) is 1. The fourth-order valence-corrected chi connectivity index (χ4v) is 2.06. The third-order valence-corrected chi connectivity index (χ3v) is 3.12. The lowest BCUT2D eigenvalue weighted by molar-refractivity contribution is 0.407. The Hall–Kier alpha value is -1.51. The minimum absolute atomic E-state index is 0.692. The molecule has 0 saturated carbocycles. The molecule has 0 heterocycles. The maximum absolute atomic E-state index is 6.17. The van der Waals surface area contributed by atoms with Gasteiger partial charge < -0.3 is 10.1 Å². The summed E-state index contributed by atoms with van der Waals surface area (Å²) in [6.07, 6.45) is 0. The molecule has 0 bridgehead atoms. The van der Waals surface area contributed by atoms with Gasteiger partial charge in [-0.2, -0.15) is 0 Å². The van der Waals surface area contributed by atoms with Gasteiger partial charge in [0.2, 0.25) is 0 Å². The van der Waals surface area contributed by atoms with E-state index in [0.717, 1.165) is 22.9 Å². The molecule has 0 unspecified atom stereocenters. The first kappa shape index (κ1) is 12.9. The number of benzene rings is 2. The molecule has 18 heavy (non-hydrogen) atoms. The molecule has 0 aliphatic carbocycles. The van der Waals surface area contributed by atoms with E-state index in [4.69, 9.17) is 16.3 Å². The minimum Gasteiger partial charge on any atom is -0.496 e. The summed E-state index contributed by atoms with van der Waals surface area (Å²) in [4.78, 5) is 0. The van der Waals surface area contributed by atoms with Crippen molar-refractivity contribution in [3.8, 4) is 5.75 Å². The van der Waals surface area contributed by atoms with E-state index in [0.29, 0.717) is 6.54 Å². The van der Waals surface area contributed by atoms with E-state index < -0.39 is 0 Å². The first-order valence-corrected chi connectivity index (χ1v) is 6.25. The van der Waals surface area contributed by atoms with Gasteiger partial charge >= 0.3 is 0 Å². The van der Waals surface area contributed by atoms with Crippen LogP contribution in [-0.2, 0) is 13.1 Å². The van der Waals surface area contributed by atoms with Gasteiger partial charge in [-0.05, 0) is 17.7 Å². The molecule has 0 atom stereocenters. The highest BCUT2D eigenvalue weighted by Crippen LogP contribution is 2.25. The van der Waals surface area contributed by atoms with Crippen LogP contribution in [0.5, 0.6) is 5.75 Å². The van der Waals surface area contributed by atoms with E-state index in [2.05, 4.69) is 17.4 Å². The highest BCUT2D eigenvalue weighted by molar-refractivity contribution is 6.31. The minimum atomic E-state index is 0.692. The van der Waals surface area contributed by atoms with Crippen molar-refractivity contribution in [1.82, 2.24) is 5.32 Å². The highest BCUT2D eigenvalue weighted by atomic mass is 35.5. The van der Waals surface area contributed by atoms with Gasteiger partial charge in [-0.3, -0.25) is 0 Å². The number of rotatable bonds is 5. The summed E-state index contributed by atoms with van der Waals surface area (Å²) >= 11 is 6.17. The molecule has 2 aromatic carbocycles. The second-order valence-corrected chi connectivity index (χ2v) is 4.42. The third kappa shape index (κ3) is 3.25. The van der Waals surface area contributed by atoms with Crippen molar-refractivity contribution in [2.45, 2.75) is 13.1 Å². The predicted octanol–water partition coefficient (Wildman–Crippen LogP) is 3.64. The molecule has 0 amide bonds. The van der Waals surface area contributed by atoms with Crippen LogP contribution in [-0.4, -0.2) is 7.11 Å². The maximum Gasteiger partial charge on any atom is 0.124 e. The SMILES string of the molecule is COc1cccc(Cl)c1CNCc1ccccc1. The first-order valence-electron chi connectivity index (χ1n) is 5.87. The first-order chi connectivity index (χ1) is 8.81. The lowest BCUT2D eigenvalue weighted by Crippen LogP contribution is -2.13. The third-order valence-electron chi connectivity index (χ3n) is 2.77. The lowest BCUT2D eigenvalue weighted by atomic mass is 10.2. The number of halogens is 1. The molecule has 0 saturated heterocycles. The zero-order chi connectivity index (χ0) is 12.8. The molecule has 1 N–H and O–H groups in total. The standard InChI is InChI=1S/C15H16ClNO/c1-18-15-9-5-8-14(16)13(15)11-17-10-12-6-3-2-4-7-12/h2-9,17H,10-11H2,1H3. The molecule has 0 radical (unpaired) electrons. The average Bonchev–Trinajstić information content (AvgIpc) is 2.41. The van der Waals surface area contributed by atoms with Crippen LogP contribution in [0.1, 0.15) is 11.1 Å². The average molecular weight is 262 g/mol. The van der Waals surface area contributed by atoms with Crippen molar-refractivity contribution in [2.75, 3.05) is 7.11 Å². The molecular formula is C15H16ClNO. The Bertz CT molecular complexity index is 499. The summed E-state index contributed by atoms with van der Waals surface area (Å²) in [6.45, 7) is 1.51. The Labute approximate surface area is 113 Å². The van der Waals surface area contributed by atoms with Gasteiger partial charge in [-0.1, -0.05) is 48.0 Å². The fraction of sp³-hybridized carbons (Fsp3) is 0.200. The number of ether oxygens (including phenoxy) is 1. The molecule has 0 aliphatic rings. The monoisotopic (exact) mass is 261 g/mol. The van der Waals surface area contributed by atoms with Crippen LogP contribution in [0.3, 0.4) is 0 Å². The number of nitrogens with one attached hydrogen (secondary N) is 1. The molecule has 2 nitrogen and oxygen atoms in total. The second kappa shape index (κ2) is 6.43. The zero-order valence-corrected chi connectivity index (χ0v) is 11.1. The van der Waals surface area contributed by atoms with E-state index in [1.54, 1.807) is 7.11 Å². The van der Waals surface area contributed by atoms with E-state index in [-0.39, 0.29) is 0 Å². The summed E-state index contributed by atoms with van der Waals surface area (Å²) in [5.74, 6) is 0.822. The van der Waals surface area contributed by atoms with Gasteiger partial charge in [0.25, 0.3) is 0 Å². The van der Waals surface area contributed by atoms with Crippen LogP contribution in [0.15, 0.2) is 48.5 Å². The van der Waals surface area contributed by atoms with Crippen molar-refractivity contribution in [3.63, 3.8) is 0 Å². The van der Waals surface area contributed by atoms with Crippen molar-refractivity contribution < 1.29 is 4.74 Å². The summed E-state index contributed by atoms with van der Waals surface area (Å²) in [7, 11) is 1.66. The van der Waals surface area contributed by atoms with E-state index in [1.165, 1.54) is 5.56 Å². The molecule has 3 heteroatoms. The topological polar surface area (TPSA) is 21.3 Å². The Morgan fingerprint density at radius 2 is 1.78 bits per heavy atom. The van der Waals surface area contributed by atoms with Crippen LogP contribution in [0, 0.1) is 0 Å². The van der Waals surface area contributed by atoms with E-state index in [1.807, 2.05) is 36.4 Å². The second-order valence-electron chi connectivity index (χ2n) is 4.01. The van der Waals surface area contributed by atoms with Crippen LogP contribution in [0.2, 0.25) is 5.02 Å². The summed E-state index contributed by atoms with van der Waals surface area (Å²) < 4.78 is 5.30. The molecule has 0 aromatic heterocycles. The summed E-state index contributed by atoms with van der Waals surface area (Å²) in [5.41, 5.74) is 2.25. The molecule has 94 valence electrons. The van der Waals surface area contributed by atoms with Crippen molar-refractivity contribution in [2.24, 2.45) is 0 Å². The molecule has 2 rings (SSSR count). The van der Waals surface area contributed by atoms with Crippen molar-refractivity contribution in [3.05, 3.63) is 64.7 Å². The van der Waals surface area contributed by atoms with Gasteiger partial charge in [0, 0.05) is 23.7 Å². The quantitative estimate of drug-likeness (QED) is 0.887. The molecule has 0 spiro atoms. The Balaban J connectivity index is 1.98. The van der Waals surface area contributed by atoms with Crippen LogP contribution in [0.4, 0.5) is 0 Å². The fourth-order valence-electron chi connectivity index (χ4n) is 1.83. The largest absolute Gasteiger partial charge is 0.496 e. The van der Waals surface area contributed by atoms with Crippen LogP contribution in [0.25, 0.3) is 0 Å². The summed E-state index contributed by atoms with van der Waals surface area (Å²) in [5, 5.41) is 4.10. The van der Waals surface area contributed by atoms with Crippen molar-refractivity contribution in [1.29, 1.82) is 0 Å². The Kier molecular flexibility index (Phi) is 4.62. The van der Waals surface area contributed by atoms with Gasteiger partial charge in [-0.15, -0.1) is 0 Å². The van der Waals surface area contributed by atoms with Crippen molar-refractivity contribution >= 4 is 11.6 Å². The van der Waals surface area contributed by atoms with Crippen LogP contribution < -0.4 is 10.1 Å². The van der Waals surface area contributed by atoms with Gasteiger partial charge in [0.15, 0.2) is 0 Å². The van der Waals surface area contributed by atoms with E-state index >= 15 is 0 Å². The highest BCUT2D eigenvalue weighted by Gasteiger charge is 2.06. The maximum atomic E-state index is 6.17. The van der Waals surface area contributed by atoms with Gasteiger partial charge in [-0.25, -0.2) is 0 Å². The predicted molar refractivity (Wildman–Crippen MR) is 75.0 cm³/mol. The van der Waals surface area contributed by atoms with E-state index in [9.17, 15) is 0 Å².